The van der Waals surface area contributed by atoms with Crippen molar-refractivity contribution in [3.63, 3.8) is 0 Å². The topological polar surface area (TPSA) is 62.5 Å². The van der Waals surface area contributed by atoms with E-state index >= 15 is 0 Å². The summed E-state index contributed by atoms with van der Waals surface area (Å²) in [6.07, 6.45) is -0.629. The average molecular weight is 221 g/mol. The Morgan fingerprint density at radius 2 is 2.00 bits per heavy atom. The van der Waals surface area contributed by atoms with E-state index in [9.17, 15) is 5.11 Å². The summed E-state index contributed by atoms with van der Waals surface area (Å²) in [6, 6.07) is 8.76. The summed E-state index contributed by atoms with van der Waals surface area (Å²) >= 11 is 0. The summed E-state index contributed by atoms with van der Waals surface area (Å²) in [5.74, 6) is 0.634. The molecule has 0 bridgehead atoms. The fourth-order valence-electron chi connectivity index (χ4n) is 1.12. The number of rotatable bonds is 6. The van der Waals surface area contributed by atoms with E-state index in [2.05, 4.69) is 0 Å². The molecule has 4 heteroatoms. The third-order valence-electron chi connectivity index (χ3n) is 1.94. The maximum Gasteiger partial charge on any atom is 0.119 e. The van der Waals surface area contributed by atoms with E-state index in [1.54, 1.807) is 24.3 Å². The molecule has 0 spiro atoms. The van der Waals surface area contributed by atoms with Crippen LogP contribution in [-0.4, -0.2) is 31.0 Å². The lowest BCUT2D eigenvalue weighted by Crippen LogP contribution is -2.23. The molecule has 1 unspecified atom stereocenters. The van der Waals surface area contributed by atoms with Crippen LogP contribution in [-0.2, 0) is 4.74 Å². The van der Waals surface area contributed by atoms with Gasteiger partial charge in [-0.3, -0.25) is 0 Å². The number of aliphatic hydroxyl groups excluding tert-OH is 1. The van der Waals surface area contributed by atoms with Gasteiger partial charge in [0.25, 0.3) is 0 Å². The van der Waals surface area contributed by atoms with Crippen LogP contribution in [0.25, 0.3) is 0 Å². The van der Waals surface area contributed by atoms with Crippen molar-refractivity contribution in [2.75, 3.05) is 19.8 Å². The molecule has 0 heterocycles. The van der Waals surface area contributed by atoms with Gasteiger partial charge in [0.2, 0.25) is 0 Å². The molecule has 0 aliphatic rings. The maximum atomic E-state index is 9.44. The van der Waals surface area contributed by atoms with E-state index in [0.29, 0.717) is 17.9 Å². The van der Waals surface area contributed by atoms with Gasteiger partial charge in [0.15, 0.2) is 0 Å². The van der Waals surface area contributed by atoms with E-state index < -0.39 is 6.10 Å². The first-order chi connectivity index (χ1) is 7.76. The van der Waals surface area contributed by atoms with Crippen LogP contribution in [0.15, 0.2) is 24.3 Å². The van der Waals surface area contributed by atoms with E-state index in [1.807, 2.05) is 13.0 Å². The minimum Gasteiger partial charge on any atom is -0.491 e. The number of hydrogen-bond donors (Lipinski definition) is 1. The SMILES string of the molecule is CCOCC(O)COc1ccc(C#N)cc1. The number of hydrogen-bond acceptors (Lipinski definition) is 4. The molecule has 16 heavy (non-hydrogen) atoms. The summed E-state index contributed by atoms with van der Waals surface area (Å²) in [4.78, 5) is 0. The quantitative estimate of drug-likeness (QED) is 0.787. The molecule has 1 atom stereocenters. The smallest absolute Gasteiger partial charge is 0.119 e. The van der Waals surface area contributed by atoms with Gasteiger partial charge < -0.3 is 14.6 Å². The minimum absolute atomic E-state index is 0.186. The lowest BCUT2D eigenvalue weighted by atomic mass is 10.2. The van der Waals surface area contributed by atoms with E-state index in [1.165, 1.54) is 0 Å². The number of nitrogens with zero attached hydrogens (tertiary/aromatic N) is 1. The van der Waals surface area contributed by atoms with Gasteiger partial charge in [0.05, 0.1) is 18.2 Å². The average Bonchev–Trinajstić information content (AvgIpc) is 2.34. The second-order valence-electron chi connectivity index (χ2n) is 3.26. The highest BCUT2D eigenvalue weighted by molar-refractivity contribution is 5.34. The van der Waals surface area contributed by atoms with Crippen molar-refractivity contribution in [3.8, 4) is 11.8 Å². The molecule has 1 aromatic carbocycles. The lowest BCUT2D eigenvalue weighted by Gasteiger charge is -2.11. The molecular weight excluding hydrogens is 206 g/mol. The van der Waals surface area contributed by atoms with Crippen LogP contribution in [0.4, 0.5) is 0 Å². The molecule has 0 saturated heterocycles. The van der Waals surface area contributed by atoms with Crippen LogP contribution in [0.1, 0.15) is 12.5 Å². The molecule has 0 aliphatic heterocycles. The fraction of sp³-hybridized carbons (Fsp3) is 0.417. The molecule has 1 N–H and O–H groups in total. The maximum absolute atomic E-state index is 9.44. The Hall–Kier alpha value is -1.57. The number of aliphatic hydroxyl groups is 1. The Balaban J connectivity index is 2.34. The van der Waals surface area contributed by atoms with Crippen molar-refractivity contribution in [2.45, 2.75) is 13.0 Å². The predicted octanol–water partition coefficient (Wildman–Crippen LogP) is 1.33. The molecule has 86 valence electrons. The fourth-order valence-corrected chi connectivity index (χ4v) is 1.12. The van der Waals surface area contributed by atoms with Gasteiger partial charge >= 0.3 is 0 Å². The van der Waals surface area contributed by atoms with Gasteiger partial charge in [0.1, 0.15) is 18.5 Å². The van der Waals surface area contributed by atoms with E-state index in [4.69, 9.17) is 14.7 Å². The highest BCUT2D eigenvalue weighted by Gasteiger charge is 2.04. The first-order valence-electron chi connectivity index (χ1n) is 5.15. The third kappa shape index (κ3) is 4.30. The molecule has 0 saturated carbocycles. The van der Waals surface area contributed by atoms with Gasteiger partial charge in [-0.1, -0.05) is 0 Å². The summed E-state index contributed by atoms with van der Waals surface area (Å²) in [6.45, 7) is 2.90. The predicted molar refractivity (Wildman–Crippen MR) is 59.2 cm³/mol. The van der Waals surface area contributed by atoms with E-state index in [-0.39, 0.29) is 13.2 Å². The molecule has 0 radical (unpaired) electrons. The van der Waals surface area contributed by atoms with Crippen molar-refractivity contribution >= 4 is 0 Å². The van der Waals surface area contributed by atoms with Crippen molar-refractivity contribution < 1.29 is 14.6 Å². The third-order valence-corrected chi connectivity index (χ3v) is 1.94. The first kappa shape index (κ1) is 12.5. The largest absolute Gasteiger partial charge is 0.491 e. The molecule has 0 amide bonds. The Bertz CT molecular complexity index is 342. The Morgan fingerprint density at radius 3 is 2.56 bits per heavy atom. The monoisotopic (exact) mass is 221 g/mol. The molecule has 0 fully saturated rings. The molecule has 0 aliphatic carbocycles. The summed E-state index contributed by atoms with van der Waals surface area (Å²) in [5, 5.41) is 18.0. The van der Waals surface area contributed by atoms with Gasteiger partial charge in [-0.15, -0.1) is 0 Å². The second kappa shape index (κ2) is 6.83. The van der Waals surface area contributed by atoms with Crippen LogP contribution < -0.4 is 4.74 Å². The van der Waals surface area contributed by atoms with Gasteiger partial charge in [-0.05, 0) is 31.2 Å². The Kier molecular flexibility index (Phi) is 5.34. The number of nitriles is 1. The molecular formula is C12H15NO3. The van der Waals surface area contributed by atoms with Gasteiger partial charge in [0, 0.05) is 6.61 Å². The van der Waals surface area contributed by atoms with Crippen LogP contribution >= 0.6 is 0 Å². The Labute approximate surface area is 95.0 Å². The number of ether oxygens (including phenoxy) is 2. The van der Waals surface area contributed by atoms with Crippen molar-refractivity contribution in [3.05, 3.63) is 29.8 Å². The van der Waals surface area contributed by atoms with Crippen LogP contribution in [0.5, 0.6) is 5.75 Å². The molecule has 0 aromatic heterocycles. The highest BCUT2D eigenvalue weighted by atomic mass is 16.5. The standard InChI is InChI=1S/C12H15NO3/c1-2-15-8-11(14)9-16-12-5-3-10(7-13)4-6-12/h3-6,11,14H,2,8-9H2,1H3. The van der Waals surface area contributed by atoms with Gasteiger partial charge in [-0.2, -0.15) is 5.26 Å². The molecule has 4 nitrogen and oxygen atoms in total. The highest BCUT2D eigenvalue weighted by Crippen LogP contribution is 2.11. The molecule has 1 rings (SSSR count). The summed E-state index contributed by atoms with van der Waals surface area (Å²) < 4.78 is 10.4. The van der Waals surface area contributed by atoms with Crippen molar-refractivity contribution in [2.24, 2.45) is 0 Å². The second-order valence-corrected chi connectivity index (χ2v) is 3.26. The summed E-state index contributed by atoms with van der Waals surface area (Å²) in [7, 11) is 0. The zero-order chi connectivity index (χ0) is 11.8. The minimum atomic E-state index is -0.629. The summed E-state index contributed by atoms with van der Waals surface area (Å²) in [5.41, 5.74) is 0.585. The van der Waals surface area contributed by atoms with Crippen LogP contribution in [0, 0.1) is 11.3 Å². The van der Waals surface area contributed by atoms with Crippen molar-refractivity contribution in [1.29, 1.82) is 5.26 Å². The Morgan fingerprint density at radius 1 is 1.31 bits per heavy atom. The zero-order valence-electron chi connectivity index (χ0n) is 9.22. The normalized spacial score (nSPS) is 11.8. The number of benzene rings is 1. The van der Waals surface area contributed by atoms with Crippen LogP contribution in [0.2, 0.25) is 0 Å². The first-order valence-corrected chi connectivity index (χ1v) is 5.15. The van der Waals surface area contributed by atoms with Crippen molar-refractivity contribution in [1.82, 2.24) is 0 Å². The lowest BCUT2D eigenvalue weighted by molar-refractivity contribution is 0.0164. The van der Waals surface area contributed by atoms with Gasteiger partial charge in [-0.25, -0.2) is 0 Å². The zero-order valence-corrected chi connectivity index (χ0v) is 9.22. The molecule has 1 aromatic rings. The van der Waals surface area contributed by atoms with Crippen LogP contribution in [0.3, 0.4) is 0 Å². The van der Waals surface area contributed by atoms with E-state index in [0.717, 1.165) is 0 Å².